The van der Waals surface area contributed by atoms with Crippen molar-refractivity contribution in [2.75, 3.05) is 10.0 Å². The molecule has 2 aromatic rings. The number of carboxylic acids is 1. The lowest BCUT2D eigenvalue weighted by Gasteiger charge is -2.23. The third-order valence-electron chi connectivity index (χ3n) is 4.03. The minimum absolute atomic E-state index is 0.00656. The zero-order chi connectivity index (χ0) is 19.6. The van der Waals surface area contributed by atoms with Crippen LogP contribution in [0.25, 0.3) is 0 Å². The smallest absolute Gasteiger partial charge is 0.303 e. The highest BCUT2D eigenvalue weighted by atomic mass is 32.2. The monoisotopic (exact) mass is 390 g/mol. The standard InChI is InChI=1S/C18H18N2O6S/c1-11-18(23)19-15-10-14(7-8-16(15)26-11)27(24,25)20-13-5-2-12(3-6-13)4-9-17(21)22/h2-3,5-8,10-11,20H,4,9H2,1H3,(H,19,23)(H,21,22)/t11-/m0/s1. The summed E-state index contributed by atoms with van der Waals surface area (Å²) in [5.74, 6) is -0.830. The fourth-order valence-corrected chi connectivity index (χ4v) is 3.64. The average molecular weight is 390 g/mol. The molecule has 8 nitrogen and oxygen atoms in total. The molecule has 0 unspecified atom stereocenters. The number of carbonyl (C=O) groups is 2. The van der Waals surface area contributed by atoms with Gasteiger partial charge in [-0.1, -0.05) is 12.1 Å². The van der Waals surface area contributed by atoms with Gasteiger partial charge in [-0.3, -0.25) is 14.3 Å². The first-order valence-electron chi connectivity index (χ1n) is 8.20. The van der Waals surface area contributed by atoms with Gasteiger partial charge in [-0.15, -0.1) is 0 Å². The lowest BCUT2D eigenvalue weighted by atomic mass is 10.1. The van der Waals surface area contributed by atoms with Gasteiger partial charge < -0.3 is 15.2 Å². The van der Waals surface area contributed by atoms with E-state index in [4.69, 9.17) is 9.84 Å². The van der Waals surface area contributed by atoms with E-state index >= 15 is 0 Å². The summed E-state index contributed by atoms with van der Waals surface area (Å²) in [5.41, 5.74) is 1.44. The summed E-state index contributed by atoms with van der Waals surface area (Å²) in [7, 11) is -3.87. The number of benzene rings is 2. The average Bonchev–Trinajstić information content (AvgIpc) is 2.61. The van der Waals surface area contributed by atoms with Gasteiger partial charge in [0.2, 0.25) is 0 Å². The van der Waals surface area contributed by atoms with Crippen molar-refractivity contribution < 1.29 is 27.9 Å². The maximum absolute atomic E-state index is 12.6. The Balaban J connectivity index is 1.76. The van der Waals surface area contributed by atoms with Crippen molar-refractivity contribution in [3.05, 3.63) is 48.0 Å². The lowest BCUT2D eigenvalue weighted by Crippen LogP contribution is -2.34. The summed E-state index contributed by atoms with van der Waals surface area (Å²) in [4.78, 5) is 22.3. The molecular formula is C18H18N2O6S. The molecule has 3 rings (SSSR count). The van der Waals surface area contributed by atoms with Crippen LogP contribution in [-0.2, 0) is 26.0 Å². The van der Waals surface area contributed by atoms with E-state index in [1.807, 2.05) is 0 Å². The van der Waals surface area contributed by atoms with E-state index in [1.165, 1.54) is 18.2 Å². The number of sulfonamides is 1. The van der Waals surface area contributed by atoms with Crippen LogP contribution in [0.3, 0.4) is 0 Å². The fraction of sp³-hybridized carbons (Fsp3) is 0.222. The molecular weight excluding hydrogens is 372 g/mol. The van der Waals surface area contributed by atoms with E-state index in [-0.39, 0.29) is 17.2 Å². The number of anilines is 2. The van der Waals surface area contributed by atoms with Gasteiger partial charge in [0.05, 0.1) is 10.6 Å². The Kier molecular flexibility index (Phi) is 5.04. The summed E-state index contributed by atoms with van der Waals surface area (Å²) in [6, 6.07) is 10.7. The molecule has 0 bridgehead atoms. The number of hydrogen-bond donors (Lipinski definition) is 3. The molecule has 0 aliphatic carbocycles. The van der Waals surface area contributed by atoms with Gasteiger partial charge in [0.25, 0.3) is 15.9 Å². The number of aliphatic carboxylic acids is 1. The Morgan fingerprint density at radius 2 is 1.93 bits per heavy atom. The van der Waals surface area contributed by atoms with Gasteiger partial charge >= 0.3 is 5.97 Å². The number of carboxylic acid groups (broad SMARTS) is 1. The predicted molar refractivity (Wildman–Crippen MR) is 98.4 cm³/mol. The lowest BCUT2D eigenvalue weighted by molar-refractivity contribution is -0.137. The molecule has 1 amide bonds. The first-order chi connectivity index (χ1) is 12.7. The minimum Gasteiger partial charge on any atom is -0.481 e. The number of fused-ring (bicyclic) bond motifs is 1. The Labute approximate surface area is 156 Å². The quantitative estimate of drug-likeness (QED) is 0.695. The topological polar surface area (TPSA) is 122 Å². The van der Waals surface area contributed by atoms with E-state index < -0.39 is 22.1 Å². The second-order valence-corrected chi connectivity index (χ2v) is 7.79. The number of nitrogens with one attached hydrogen (secondary N) is 2. The van der Waals surface area contributed by atoms with Crippen LogP contribution >= 0.6 is 0 Å². The van der Waals surface area contributed by atoms with Crippen LogP contribution < -0.4 is 14.8 Å². The number of carbonyl (C=O) groups excluding carboxylic acids is 1. The zero-order valence-corrected chi connectivity index (χ0v) is 15.2. The maximum atomic E-state index is 12.6. The molecule has 0 fully saturated rings. The summed E-state index contributed by atoms with van der Waals surface area (Å²) in [6.45, 7) is 1.60. The predicted octanol–water partition coefficient (Wildman–Crippen LogP) is 2.22. The number of amides is 1. The van der Waals surface area contributed by atoms with Gasteiger partial charge in [0.15, 0.2) is 6.10 Å². The fourth-order valence-electron chi connectivity index (χ4n) is 2.56. The number of aryl methyl sites for hydroxylation is 1. The summed E-state index contributed by atoms with van der Waals surface area (Å²) >= 11 is 0. The van der Waals surface area contributed by atoms with Crippen LogP contribution in [-0.4, -0.2) is 31.5 Å². The molecule has 1 aliphatic heterocycles. The van der Waals surface area contributed by atoms with Gasteiger partial charge in [-0.05, 0) is 49.2 Å². The van der Waals surface area contributed by atoms with Crippen LogP contribution in [0.1, 0.15) is 18.9 Å². The van der Waals surface area contributed by atoms with Gasteiger partial charge in [0, 0.05) is 12.1 Å². The molecule has 27 heavy (non-hydrogen) atoms. The number of ether oxygens (including phenoxy) is 1. The largest absolute Gasteiger partial charge is 0.481 e. The van der Waals surface area contributed by atoms with Crippen molar-refractivity contribution in [1.82, 2.24) is 0 Å². The Hall–Kier alpha value is -3.07. The molecule has 1 atom stereocenters. The molecule has 0 spiro atoms. The molecule has 1 aliphatic rings. The van der Waals surface area contributed by atoms with Crippen molar-refractivity contribution in [3.8, 4) is 5.75 Å². The maximum Gasteiger partial charge on any atom is 0.303 e. The Bertz CT molecular complexity index is 985. The highest BCUT2D eigenvalue weighted by Gasteiger charge is 2.25. The molecule has 2 aromatic carbocycles. The van der Waals surface area contributed by atoms with E-state index in [2.05, 4.69) is 10.0 Å². The van der Waals surface area contributed by atoms with Gasteiger partial charge in [-0.2, -0.15) is 0 Å². The molecule has 0 saturated carbocycles. The summed E-state index contributed by atoms with van der Waals surface area (Å²) in [6.07, 6.45) is -0.268. The van der Waals surface area contributed by atoms with Crippen LogP contribution in [0, 0.1) is 0 Å². The van der Waals surface area contributed by atoms with E-state index in [0.29, 0.717) is 23.5 Å². The zero-order valence-electron chi connectivity index (χ0n) is 14.4. The third kappa shape index (κ3) is 4.37. The SMILES string of the molecule is C[C@@H]1Oc2ccc(S(=O)(=O)Nc3ccc(CCC(=O)O)cc3)cc2NC1=O. The molecule has 9 heteroatoms. The summed E-state index contributed by atoms with van der Waals surface area (Å²) < 4.78 is 33.1. The van der Waals surface area contributed by atoms with Crippen molar-refractivity contribution >= 4 is 33.3 Å². The van der Waals surface area contributed by atoms with E-state index in [1.54, 1.807) is 31.2 Å². The van der Waals surface area contributed by atoms with E-state index in [9.17, 15) is 18.0 Å². The molecule has 0 saturated heterocycles. The third-order valence-corrected chi connectivity index (χ3v) is 5.40. The van der Waals surface area contributed by atoms with Crippen LogP contribution in [0.2, 0.25) is 0 Å². The van der Waals surface area contributed by atoms with Crippen molar-refractivity contribution in [2.45, 2.75) is 30.8 Å². The van der Waals surface area contributed by atoms with Gasteiger partial charge in [0.1, 0.15) is 5.75 Å². The Morgan fingerprint density at radius 1 is 1.22 bits per heavy atom. The van der Waals surface area contributed by atoms with Crippen LogP contribution in [0.15, 0.2) is 47.4 Å². The number of rotatable bonds is 6. The van der Waals surface area contributed by atoms with Crippen LogP contribution in [0.4, 0.5) is 11.4 Å². The number of hydrogen-bond acceptors (Lipinski definition) is 5. The van der Waals surface area contributed by atoms with Crippen LogP contribution in [0.5, 0.6) is 5.75 Å². The van der Waals surface area contributed by atoms with Crippen molar-refractivity contribution in [3.63, 3.8) is 0 Å². The molecule has 3 N–H and O–H groups in total. The molecule has 0 radical (unpaired) electrons. The highest BCUT2D eigenvalue weighted by molar-refractivity contribution is 7.92. The Morgan fingerprint density at radius 3 is 2.59 bits per heavy atom. The van der Waals surface area contributed by atoms with Crippen molar-refractivity contribution in [1.29, 1.82) is 0 Å². The second kappa shape index (κ2) is 7.28. The first-order valence-corrected chi connectivity index (χ1v) is 9.68. The van der Waals surface area contributed by atoms with E-state index in [0.717, 1.165) is 5.56 Å². The summed E-state index contributed by atoms with van der Waals surface area (Å²) in [5, 5.41) is 11.3. The second-order valence-electron chi connectivity index (χ2n) is 6.10. The normalized spacial score (nSPS) is 16.0. The minimum atomic E-state index is -3.87. The first kappa shape index (κ1) is 18.7. The van der Waals surface area contributed by atoms with Gasteiger partial charge in [-0.25, -0.2) is 8.42 Å². The molecule has 142 valence electrons. The highest BCUT2D eigenvalue weighted by Crippen LogP contribution is 2.32. The molecule has 0 aromatic heterocycles. The molecule has 1 heterocycles. The van der Waals surface area contributed by atoms with Crippen molar-refractivity contribution in [2.24, 2.45) is 0 Å².